The molecule has 0 aliphatic rings. The highest BCUT2D eigenvalue weighted by molar-refractivity contribution is 6.93. The first-order valence-electron chi connectivity index (χ1n) is 8.15. The van der Waals surface area contributed by atoms with Crippen LogP contribution in [0.2, 0.25) is 6.04 Å². The van der Waals surface area contributed by atoms with Gasteiger partial charge in [-0.05, 0) is 6.04 Å². The van der Waals surface area contributed by atoms with E-state index in [0.717, 1.165) is 0 Å². The Morgan fingerprint density at radius 2 is 1.00 bits per heavy atom. The monoisotopic (exact) mass is 278 g/mol. The minimum atomic E-state index is -1.52. The van der Waals surface area contributed by atoms with E-state index in [2.05, 4.69) is 43.8 Å². The van der Waals surface area contributed by atoms with Gasteiger partial charge in [-0.3, -0.25) is 0 Å². The minimum absolute atomic E-state index is 1.25. The molecule has 0 N–H and O–H groups in total. The topological polar surface area (TPSA) is 0 Å². The predicted octanol–water partition coefficient (Wildman–Crippen LogP) is 6.53. The van der Waals surface area contributed by atoms with Crippen LogP contribution in [0.3, 0.4) is 0 Å². The van der Waals surface area contributed by atoms with Crippen molar-refractivity contribution in [2.45, 2.75) is 77.2 Å². The molecule has 0 aliphatic carbocycles. The molecule has 0 atom stereocenters. The van der Waals surface area contributed by atoms with Gasteiger partial charge in [-0.2, -0.15) is 0 Å². The lowest BCUT2D eigenvalue weighted by atomic mass is 10.1. The number of unbranched alkanes of at least 4 members (excludes halogenated alkanes) is 9. The Kier molecular flexibility index (Phi) is 12.1. The first-order chi connectivity index (χ1) is 9.24. The highest BCUT2D eigenvalue weighted by atomic mass is 28.3. The second kappa shape index (κ2) is 12.5. The van der Waals surface area contributed by atoms with Gasteiger partial charge in [0, 0.05) is 0 Å². The SMILES string of the molecule is C=C[Si](C=C)(C=C)CCCCCCCCCCCC. The van der Waals surface area contributed by atoms with E-state index in [4.69, 9.17) is 0 Å². The van der Waals surface area contributed by atoms with Gasteiger partial charge in [0.05, 0.1) is 0 Å². The van der Waals surface area contributed by atoms with Gasteiger partial charge >= 0.3 is 0 Å². The molecule has 0 unspecified atom stereocenters. The fourth-order valence-electron chi connectivity index (χ4n) is 2.47. The van der Waals surface area contributed by atoms with Gasteiger partial charge in [0.1, 0.15) is 8.07 Å². The van der Waals surface area contributed by atoms with Gasteiger partial charge in [0.25, 0.3) is 0 Å². The molecule has 0 aromatic rings. The molecule has 0 aliphatic heterocycles. The van der Waals surface area contributed by atoms with Crippen LogP contribution in [-0.2, 0) is 0 Å². The molecule has 0 saturated heterocycles. The number of hydrogen-bond donors (Lipinski definition) is 0. The Hall–Kier alpha value is -0.563. The van der Waals surface area contributed by atoms with E-state index < -0.39 is 8.07 Å². The lowest BCUT2D eigenvalue weighted by molar-refractivity contribution is 0.562. The van der Waals surface area contributed by atoms with Crippen molar-refractivity contribution in [2.75, 3.05) is 0 Å². The van der Waals surface area contributed by atoms with Crippen molar-refractivity contribution in [2.24, 2.45) is 0 Å². The molecule has 0 nitrogen and oxygen atoms in total. The Morgan fingerprint density at radius 3 is 1.37 bits per heavy atom. The molecule has 0 fully saturated rings. The summed E-state index contributed by atoms with van der Waals surface area (Å²) < 4.78 is 0. The molecule has 19 heavy (non-hydrogen) atoms. The first-order valence-corrected chi connectivity index (χ1v) is 10.6. The van der Waals surface area contributed by atoms with E-state index in [1.54, 1.807) is 0 Å². The van der Waals surface area contributed by atoms with Crippen molar-refractivity contribution >= 4 is 8.07 Å². The third-order valence-electron chi connectivity index (χ3n) is 4.10. The smallest absolute Gasteiger partial charge is 0.106 e. The molecule has 1 heteroatoms. The largest absolute Gasteiger partial charge is 0.124 e. The fourth-order valence-corrected chi connectivity index (χ4v) is 4.45. The van der Waals surface area contributed by atoms with Crippen LogP contribution in [0.1, 0.15) is 71.1 Å². The summed E-state index contributed by atoms with van der Waals surface area (Å²) in [5, 5.41) is 0. The van der Waals surface area contributed by atoms with Crippen molar-refractivity contribution in [3.63, 3.8) is 0 Å². The minimum Gasteiger partial charge on any atom is -0.106 e. The summed E-state index contributed by atoms with van der Waals surface area (Å²) in [5.41, 5.74) is 6.34. The van der Waals surface area contributed by atoms with Gasteiger partial charge in [-0.1, -0.05) is 88.2 Å². The average Bonchev–Trinajstić information content (AvgIpc) is 2.46. The molecular weight excluding hydrogens is 244 g/mol. The van der Waals surface area contributed by atoms with Crippen LogP contribution >= 0.6 is 0 Å². The normalized spacial score (nSPS) is 11.2. The number of hydrogen-bond acceptors (Lipinski definition) is 0. The van der Waals surface area contributed by atoms with E-state index in [1.165, 1.54) is 70.3 Å². The Labute approximate surface area is 122 Å². The zero-order chi connectivity index (χ0) is 14.4. The van der Waals surface area contributed by atoms with Crippen molar-refractivity contribution in [3.8, 4) is 0 Å². The molecule has 0 heterocycles. The van der Waals surface area contributed by atoms with Crippen LogP contribution in [-0.4, -0.2) is 8.07 Å². The Bertz CT molecular complexity index is 220. The standard InChI is InChI=1S/C18H34Si/c1-5-9-10-11-12-13-14-15-16-17-18-19(6-2,7-3)8-4/h6-8H,2-5,9-18H2,1H3. The first kappa shape index (κ1) is 18.4. The molecule has 0 radical (unpaired) electrons. The fraction of sp³-hybridized carbons (Fsp3) is 0.667. The van der Waals surface area contributed by atoms with Gasteiger partial charge in [0.15, 0.2) is 0 Å². The second-order valence-corrected chi connectivity index (χ2v) is 9.61. The summed E-state index contributed by atoms with van der Waals surface area (Å²) in [6.45, 7) is 14.2. The lowest BCUT2D eigenvalue weighted by Gasteiger charge is -2.19. The van der Waals surface area contributed by atoms with Crippen molar-refractivity contribution in [1.29, 1.82) is 0 Å². The molecule has 110 valence electrons. The summed E-state index contributed by atoms with van der Waals surface area (Å²) in [5.74, 6) is 0. The summed E-state index contributed by atoms with van der Waals surface area (Å²) >= 11 is 0. The van der Waals surface area contributed by atoms with Crippen molar-refractivity contribution < 1.29 is 0 Å². The van der Waals surface area contributed by atoms with Crippen LogP contribution in [0.5, 0.6) is 0 Å². The van der Waals surface area contributed by atoms with Crippen LogP contribution in [0.4, 0.5) is 0 Å². The summed E-state index contributed by atoms with van der Waals surface area (Å²) in [6, 6.07) is 1.25. The van der Waals surface area contributed by atoms with Gasteiger partial charge in [-0.15, -0.1) is 19.7 Å². The maximum atomic E-state index is 3.96. The molecule has 0 aromatic heterocycles. The van der Waals surface area contributed by atoms with E-state index in [-0.39, 0.29) is 0 Å². The third kappa shape index (κ3) is 9.04. The predicted molar refractivity (Wildman–Crippen MR) is 93.0 cm³/mol. The number of rotatable bonds is 14. The van der Waals surface area contributed by atoms with Crippen LogP contribution in [0, 0.1) is 0 Å². The van der Waals surface area contributed by atoms with Crippen LogP contribution < -0.4 is 0 Å². The summed E-state index contributed by atoms with van der Waals surface area (Å²) in [4.78, 5) is 0. The Morgan fingerprint density at radius 1 is 0.632 bits per heavy atom. The van der Waals surface area contributed by atoms with E-state index in [9.17, 15) is 0 Å². The molecule has 0 bridgehead atoms. The second-order valence-electron chi connectivity index (χ2n) is 5.66. The summed E-state index contributed by atoms with van der Waals surface area (Å²) in [7, 11) is -1.52. The average molecular weight is 279 g/mol. The van der Waals surface area contributed by atoms with Gasteiger partial charge in [-0.25, -0.2) is 0 Å². The van der Waals surface area contributed by atoms with Crippen LogP contribution in [0.25, 0.3) is 0 Å². The third-order valence-corrected chi connectivity index (χ3v) is 7.60. The lowest BCUT2D eigenvalue weighted by Crippen LogP contribution is -2.26. The highest BCUT2D eigenvalue weighted by Gasteiger charge is 2.20. The molecular formula is C18H34Si. The van der Waals surface area contributed by atoms with E-state index in [0.29, 0.717) is 0 Å². The van der Waals surface area contributed by atoms with E-state index in [1.807, 2.05) is 0 Å². The molecule has 0 rings (SSSR count). The van der Waals surface area contributed by atoms with Gasteiger partial charge in [0.2, 0.25) is 0 Å². The van der Waals surface area contributed by atoms with Crippen LogP contribution in [0.15, 0.2) is 36.8 Å². The van der Waals surface area contributed by atoms with Gasteiger partial charge < -0.3 is 0 Å². The van der Waals surface area contributed by atoms with Crippen molar-refractivity contribution in [3.05, 3.63) is 36.8 Å². The quantitative estimate of drug-likeness (QED) is 0.250. The highest BCUT2D eigenvalue weighted by Crippen LogP contribution is 2.19. The zero-order valence-electron chi connectivity index (χ0n) is 13.1. The van der Waals surface area contributed by atoms with E-state index >= 15 is 0 Å². The maximum Gasteiger partial charge on any atom is 0.124 e. The molecule has 0 amide bonds. The molecule has 0 aromatic carbocycles. The molecule has 0 spiro atoms. The zero-order valence-corrected chi connectivity index (χ0v) is 14.1. The maximum absolute atomic E-state index is 3.96. The Balaban J connectivity index is 3.42. The van der Waals surface area contributed by atoms with Crippen molar-refractivity contribution in [1.82, 2.24) is 0 Å². The molecule has 0 saturated carbocycles. The summed E-state index contributed by atoms with van der Waals surface area (Å²) in [6.07, 6.45) is 14.0.